The molecule has 1 aliphatic rings. The Morgan fingerprint density at radius 3 is 2.71 bits per heavy atom. The molecule has 0 bridgehead atoms. The normalized spacial score (nSPS) is 14.0. The minimum Gasteiger partial charge on any atom is -0.384 e. The Morgan fingerprint density at radius 1 is 1.14 bits per heavy atom. The number of nitrogens with zero attached hydrogens (tertiary/aromatic N) is 1. The molecule has 3 rings (SSSR count). The second-order valence-corrected chi connectivity index (χ2v) is 5.62. The van der Waals surface area contributed by atoms with Crippen molar-refractivity contribution in [3.63, 3.8) is 0 Å². The molecule has 1 fully saturated rings. The molecule has 2 aromatic carbocycles. The van der Waals surface area contributed by atoms with Gasteiger partial charge in [0.2, 0.25) is 0 Å². The lowest BCUT2D eigenvalue weighted by Gasteiger charge is -2.11. The number of nitrogens with one attached hydrogen (secondary N) is 1. The van der Waals surface area contributed by atoms with Gasteiger partial charge >= 0.3 is 0 Å². The number of nitriles is 1. The van der Waals surface area contributed by atoms with E-state index in [1.54, 1.807) is 0 Å². The number of rotatable bonds is 7. The first-order chi connectivity index (χ1) is 10.4. The van der Waals surface area contributed by atoms with Gasteiger partial charge in [-0.05, 0) is 37.3 Å². The Labute approximate surface area is 125 Å². The second-order valence-electron chi connectivity index (χ2n) is 5.62. The Morgan fingerprint density at radius 2 is 1.95 bits per heavy atom. The molecule has 1 aliphatic carbocycles. The van der Waals surface area contributed by atoms with Crippen LogP contribution in [0.25, 0.3) is 10.8 Å². The molecule has 108 valence electrons. The van der Waals surface area contributed by atoms with E-state index in [1.807, 2.05) is 30.3 Å². The topological polar surface area (TPSA) is 45.0 Å². The van der Waals surface area contributed by atoms with Crippen LogP contribution in [0.4, 0.5) is 5.69 Å². The van der Waals surface area contributed by atoms with E-state index in [0.717, 1.165) is 54.1 Å². The predicted molar refractivity (Wildman–Crippen MR) is 85.3 cm³/mol. The van der Waals surface area contributed by atoms with Crippen molar-refractivity contribution in [3.05, 3.63) is 42.0 Å². The number of benzene rings is 2. The fourth-order valence-electron chi connectivity index (χ4n) is 2.48. The zero-order valence-corrected chi connectivity index (χ0v) is 12.1. The molecule has 0 heterocycles. The minimum atomic E-state index is 0.726. The highest BCUT2D eigenvalue weighted by Crippen LogP contribution is 2.29. The molecule has 1 N–H and O–H groups in total. The number of fused-ring (bicyclic) bond motifs is 1. The Balaban J connectivity index is 1.57. The quantitative estimate of drug-likeness (QED) is 0.781. The van der Waals surface area contributed by atoms with Gasteiger partial charge in [-0.2, -0.15) is 5.26 Å². The number of anilines is 1. The van der Waals surface area contributed by atoms with Crippen LogP contribution in [-0.2, 0) is 4.74 Å². The molecule has 0 radical (unpaired) electrons. The maximum Gasteiger partial charge on any atom is 0.0998 e. The van der Waals surface area contributed by atoms with Crippen molar-refractivity contribution >= 4 is 16.5 Å². The lowest BCUT2D eigenvalue weighted by atomic mass is 10.0. The fraction of sp³-hybridized carbons (Fsp3) is 0.389. The summed E-state index contributed by atoms with van der Waals surface area (Å²) in [6, 6.07) is 14.2. The molecule has 0 aromatic heterocycles. The van der Waals surface area contributed by atoms with E-state index in [9.17, 15) is 0 Å². The first kappa shape index (κ1) is 13.9. The molecule has 3 heteroatoms. The molecule has 0 unspecified atom stereocenters. The van der Waals surface area contributed by atoms with Crippen molar-refractivity contribution in [3.8, 4) is 6.07 Å². The van der Waals surface area contributed by atoms with Crippen LogP contribution in [0.1, 0.15) is 24.8 Å². The molecular weight excluding hydrogens is 260 g/mol. The van der Waals surface area contributed by atoms with Crippen LogP contribution >= 0.6 is 0 Å². The van der Waals surface area contributed by atoms with E-state index in [4.69, 9.17) is 10.00 Å². The van der Waals surface area contributed by atoms with Crippen molar-refractivity contribution < 1.29 is 4.74 Å². The average molecular weight is 280 g/mol. The van der Waals surface area contributed by atoms with E-state index >= 15 is 0 Å². The third-order valence-corrected chi connectivity index (χ3v) is 3.88. The van der Waals surface area contributed by atoms with Gasteiger partial charge in [0.05, 0.1) is 11.6 Å². The molecule has 0 saturated heterocycles. The Bertz CT molecular complexity index is 656. The van der Waals surface area contributed by atoms with Gasteiger partial charge in [0.1, 0.15) is 0 Å². The SMILES string of the molecule is N#Cc1ccc(NCCCOCC2CC2)c2ccccc12. The highest BCUT2D eigenvalue weighted by molar-refractivity contribution is 5.97. The summed E-state index contributed by atoms with van der Waals surface area (Å²) in [7, 11) is 0. The fourth-order valence-corrected chi connectivity index (χ4v) is 2.48. The van der Waals surface area contributed by atoms with Gasteiger partial charge in [0, 0.05) is 36.2 Å². The van der Waals surface area contributed by atoms with Gasteiger partial charge < -0.3 is 10.1 Å². The highest BCUT2D eigenvalue weighted by atomic mass is 16.5. The van der Waals surface area contributed by atoms with Crippen molar-refractivity contribution in [2.75, 3.05) is 25.1 Å². The molecular formula is C18H20N2O. The van der Waals surface area contributed by atoms with Gasteiger partial charge in [-0.3, -0.25) is 0 Å². The molecule has 0 spiro atoms. The Hall–Kier alpha value is -2.05. The summed E-state index contributed by atoms with van der Waals surface area (Å²) in [5.74, 6) is 0.834. The third-order valence-electron chi connectivity index (χ3n) is 3.88. The minimum absolute atomic E-state index is 0.726. The van der Waals surface area contributed by atoms with E-state index in [0.29, 0.717) is 0 Å². The molecule has 0 aliphatic heterocycles. The van der Waals surface area contributed by atoms with Gasteiger partial charge in [-0.25, -0.2) is 0 Å². The summed E-state index contributed by atoms with van der Waals surface area (Å²) in [5.41, 5.74) is 1.82. The summed E-state index contributed by atoms with van der Waals surface area (Å²) < 4.78 is 5.64. The first-order valence-corrected chi connectivity index (χ1v) is 7.62. The zero-order chi connectivity index (χ0) is 14.5. The number of hydrogen-bond acceptors (Lipinski definition) is 3. The van der Waals surface area contributed by atoms with Crippen LogP contribution in [0.15, 0.2) is 36.4 Å². The van der Waals surface area contributed by atoms with E-state index in [1.165, 1.54) is 12.8 Å². The van der Waals surface area contributed by atoms with Crippen LogP contribution < -0.4 is 5.32 Å². The van der Waals surface area contributed by atoms with Crippen LogP contribution in [0.5, 0.6) is 0 Å². The van der Waals surface area contributed by atoms with Crippen LogP contribution in [-0.4, -0.2) is 19.8 Å². The maximum absolute atomic E-state index is 9.16. The van der Waals surface area contributed by atoms with Gasteiger partial charge in [-0.1, -0.05) is 24.3 Å². The maximum atomic E-state index is 9.16. The number of hydrogen-bond donors (Lipinski definition) is 1. The summed E-state index contributed by atoms with van der Waals surface area (Å²) in [4.78, 5) is 0. The third kappa shape index (κ3) is 3.53. The average Bonchev–Trinajstić information content (AvgIpc) is 3.35. The highest BCUT2D eigenvalue weighted by Gasteiger charge is 2.20. The van der Waals surface area contributed by atoms with Crippen molar-refractivity contribution in [1.29, 1.82) is 5.26 Å². The van der Waals surface area contributed by atoms with Crippen LogP contribution in [0, 0.1) is 17.2 Å². The van der Waals surface area contributed by atoms with E-state index < -0.39 is 0 Å². The molecule has 21 heavy (non-hydrogen) atoms. The lowest BCUT2D eigenvalue weighted by molar-refractivity contribution is 0.124. The van der Waals surface area contributed by atoms with Gasteiger partial charge in [0.25, 0.3) is 0 Å². The van der Waals surface area contributed by atoms with Gasteiger partial charge in [-0.15, -0.1) is 0 Å². The monoisotopic (exact) mass is 280 g/mol. The first-order valence-electron chi connectivity index (χ1n) is 7.62. The molecule has 0 atom stereocenters. The summed E-state index contributed by atoms with van der Waals surface area (Å²) in [6.07, 6.45) is 3.69. The Kier molecular flexibility index (Phi) is 4.37. The molecule has 1 saturated carbocycles. The van der Waals surface area contributed by atoms with Crippen LogP contribution in [0.3, 0.4) is 0 Å². The van der Waals surface area contributed by atoms with Crippen LogP contribution in [0.2, 0.25) is 0 Å². The van der Waals surface area contributed by atoms with Gasteiger partial charge in [0.15, 0.2) is 0 Å². The largest absolute Gasteiger partial charge is 0.384 e. The molecule has 2 aromatic rings. The predicted octanol–water partition coefficient (Wildman–Crippen LogP) is 3.94. The lowest BCUT2D eigenvalue weighted by Crippen LogP contribution is -2.07. The summed E-state index contributed by atoms with van der Waals surface area (Å²) in [5, 5.41) is 14.7. The van der Waals surface area contributed by atoms with Crippen molar-refractivity contribution in [2.45, 2.75) is 19.3 Å². The standard InChI is InChI=1S/C18H20N2O/c19-12-15-8-9-18(17-5-2-1-4-16(15)17)20-10-3-11-21-13-14-6-7-14/h1-2,4-5,8-9,14,20H,3,6-7,10-11,13H2. The molecule has 3 nitrogen and oxygen atoms in total. The van der Waals surface area contributed by atoms with E-state index in [2.05, 4.69) is 17.5 Å². The van der Waals surface area contributed by atoms with Crippen molar-refractivity contribution in [2.24, 2.45) is 5.92 Å². The number of ether oxygens (including phenoxy) is 1. The van der Waals surface area contributed by atoms with Crippen molar-refractivity contribution in [1.82, 2.24) is 0 Å². The summed E-state index contributed by atoms with van der Waals surface area (Å²) >= 11 is 0. The molecule has 0 amide bonds. The zero-order valence-electron chi connectivity index (χ0n) is 12.1. The van der Waals surface area contributed by atoms with E-state index in [-0.39, 0.29) is 0 Å². The smallest absolute Gasteiger partial charge is 0.0998 e. The second kappa shape index (κ2) is 6.60. The summed E-state index contributed by atoms with van der Waals surface area (Å²) in [6.45, 7) is 2.64.